The van der Waals surface area contributed by atoms with Crippen LogP contribution in [0, 0.1) is 27.7 Å². The molecule has 1 aliphatic rings. The van der Waals surface area contributed by atoms with Crippen LogP contribution >= 0.6 is 23.1 Å². The van der Waals surface area contributed by atoms with Crippen molar-refractivity contribution in [2.75, 3.05) is 5.75 Å². The molecule has 1 saturated carbocycles. The fourth-order valence-electron chi connectivity index (χ4n) is 3.65. The number of nitrogens with zero attached hydrogens (tertiary/aromatic N) is 3. The predicted molar refractivity (Wildman–Crippen MR) is 112 cm³/mol. The second kappa shape index (κ2) is 6.63. The van der Waals surface area contributed by atoms with Gasteiger partial charge in [-0.3, -0.25) is 14.2 Å². The molecule has 27 heavy (non-hydrogen) atoms. The predicted octanol–water partition coefficient (Wildman–Crippen LogP) is 4.34. The normalized spacial score (nSPS) is 14.3. The zero-order chi connectivity index (χ0) is 19.5. The summed E-state index contributed by atoms with van der Waals surface area (Å²) in [5.41, 5.74) is 3.97. The molecule has 0 bridgehead atoms. The Morgan fingerprint density at radius 2 is 2.00 bits per heavy atom. The molecule has 0 aromatic carbocycles. The van der Waals surface area contributed by atoms with Gasteiger partial charge in [-0.1, -0.05) is 11.8 Å². The number of carbonyl (C=O) groups excluding carboxylic acids is 1. The molecule has 5 nitrogen and oxygen atoms in total. The first kappa shape index (κ1) is 18.5. The summed E-state index contributed by atoms with van der Waals surface area (Å²) < 4.78 is 3.85. The van der Waals surface area contributed by atoms with Crippen molar-refractivity contribution in [2.24, 2.45) is 7.05 Å². The number of ketones is 1. The van der Waals surface area contributed by atoms with Crippen LogP contribution in [-0.4, -0.2) is 25.7 Å². The minimum Gasteiger partial charge on any atom is -0.345 e. The monoisotopic (exact) mass is 401 g/mol. The number of aryl methyl sites for hydroxylation is 3. The Hall–Kier alpha value is -1.86. The second-order valence-electron chi connectivity index (χ2n) is 7.32. The van der Waals surface area contributed by atoms with Gasteiger partial charge in [0.25, 0.3) is 5.56 Å². The molecule has 0 spiro atoms. The van der Waals surface area contributed by atoms with Crippen LogP contribution in [-0.2, 0) is 7.05 Å². The molecule has 0 radical (unpaired) electrons. The van der Waals surface area contributed by atoms with Crippen molar-refractivity contribution in [1.82, 2.24) is 14.1 Å². The van der Waals surface area contributed by atoms with Crippen molar-refractivity contribution in [3.63, 3.8) is 0 Å². The summed E-state index contributed by atoms with van der Waals surface area (Å²) in [6.07, 6.45) is 2.40. The minimum absolute atomic E-state index is 0.0382. The molecule has 7 heteroatoms. The van der Waals surface area contributed by atoms with Crippen LogP contribution in [0.3, 0.4) is 0 Å². The summed E-state index contributed by atoms with van der Waals surface area (Å²) in [6.45, 7) is 8.06. The number of aromatic nitrogens is 3. The molecule has 142 valence electrons. The number of hydrogen-bond acceptors (Lipinski definition) is 5. The van der Waals surface area contributed by atoms with Gasteiger partial charge in [0.2, 0.25) is 0 Å². The lowest BCUT2D eigenvalue weighted by Gasteiger charge is -2.08. The molecule has 0 saturated heterocycles. The van der Waals surface area contributed by atoms with E-state index in [1.807, 2.05) is 26.8 Å². The molecular formula is C20H23N3O2S2. The Balaban J connectivity index is 1.60. The van der Waals surface area contributed by atoms with Crippen molar-refractivity contribution < 1.29 is 4.79 Å². The average molecular weight is 402 g/mol. The SMILES string of the molecule is Cc1sc2nc(SCC(=O)c3cc(C)n(C4CC4)c3C)n(C)c(=O)c2c1C. The van der Waals surface area contributed by atoms with Gasteiger partial charge >= 0.3 is 0 Å². The van der Waals surface area contributed by atoms with Crippen LogP contribution in [0.1, 0.15) is 51.1 Å². The van der Waals surface area contributed by atoms with Crippen LogP contribution in [0.4, 0.5) is 0 Å². The first-order valence-electron chi connectivity index (χ1n) is 9.10. The maximum absolute atomic E-state index is 12.8. The number of hydrogen-bond donors (Lipinski definition) is 0. The molecule has 1 fully saturated rings. The number of thiophene rings is 1. The number of rotatable bonds is 5. The molecular weight excluding hydrogens is 378 g/mol. The third-order valence-corrected chi connectivity index (χ3v) is 7.53. The van der Waals surface area contributed by atoms with Crippen molar-refractivity contribution in [2.45, 2.75) is 51.7 Å². The van der Waals surface area contributed by atoms with Gasteiger partial charge in [0.15, 0.2) is 10.9 Å². The zero-order valence-corrected chi connectivity index (χ0v) is 17.9. The first-order valence-corrected chi connectivity index (χ1v) is 10.9. The summed E-state index contributed by atoms with van der Waals surface area (Å²) in [5.74, 6) is 0.372. The third-order valence-electron chi connectivity index (χ3n) is 5.40. The lowest BCUT2D eigenvalue weighted by Crippen LogP contribution is -2.20. The standard InChI is InChI=1S/C20H23N3O2S2/c1-10-8-15(12(3)23(10)14-6-7-14)16(24)9-26-20-21-18-17(19(25)22(20)5)11(2)13(4)27-18/h8,14H,6-7,9H2,1-5H3. The fourth-order valence-corrected chi connectivity index (χ4v) is 5.57. The molecule has 0 amide bonds. The van der Waals surface area contributed by atoms with E-state index in [1.165, 1.54) is 35.9 Å². The van der Waals surface area contributed by atoms with Gasteiger partial charge in [0.1, 0.15) is 4.83 Å². The molecule has 3 heterocycles. The molecule has 4 rings (SSSR count). The Morgan fingerprint density at radius 1 is 1.30 bits per heavy atom. The average Bonchev–Trinajstić information content (AvgIpc) is 3.35. The van der Waals surface area contributed by atoms with E-state index in [2.05, 4.69) is 16.5 Å². The van der Waals surface area contributed by atoms with Crippen molar-refractivity contribution in [1.29, 1.82) is 0 Å². The van der Waals surface area contributed by atoms with Gasteiger partial charge in [-0.25, -0.2) is 4.98 Å². The van der Waals surface area contributed by atoms with Gasteiger partial charge in [0, 0.05) is 34.9 Å². The van der Waals surface area contributed by atoms with Gasteiger partial charge in [-0.05, 0) is 52.2 Å². The van der Waals surface area contributed by atoms with E-state index in [4.69, 9.17) is 0 Å². The highest BCUT2D eigenvalue weighted by Gasteiger charge is 2.28. The minimum atomic E-state index is -0.0382. The molecule has 0 N–H and O–H groups in total. The quantitative estimate of drug-likeness (QED) is 0.362. The highest BCUT2D eigenvalue weighted by Crippen LogP contribution is 2.38. The Labute approximate surface area is 166 Å². The highest BCUT2D eigenvalue weighted by molar-refractivity contribution is 7.99. The Kier molecular flexibility index (Phi) is 4.55. The number of thioether (sulfide) groups is 1. The molecule has 3 aromatic heterocycles. The van der Waals surface area contributed by atoms with Gasteiger partial charge in [0.05, 0.1) is 11.1 Å². The Bertz CT molecular complexity index is 1130. The van der Waals surface area contributed by atoms with Crippen LogP contribution in [0.15, 0.2) is 16.0 Å². The maximum atomic E-state index is 12.8. The van der Waals surface area contributed by atoms with Crippen molar-refractivity contribution in [3.8, 4) is 0 Å². The maximum Gasteiger partial charge on any atom is 0.262 e. The highest BCUT2D eigenvalue weighted by atomic mass is 32.2. The number of Topliss-reactive ketones (excluding diaryl/α,β-unsaturated/α-hetero) is 1. The van der Waals surface area contributed by atoms with E-state index >= 15 is 0 Å². The lowest BCUT2D eigenvalue weighted by molar-refractivity contribution is 0.102. The van der Waals surface area contributed by atoms with Crippen LogP contribution in [0.2, 0.25) is 0 Å². The molecule has 3 aromatic rings. The second-order valence-corrected chi connectivity index (χ2v) is 9.47. The lowest BCUT2D eigenvalue weighted by atomic mass is 10.2. The van der Waals surface area contributed by atoms with E-state index < -0.39 is 0 Å². The first-order chi connectivity index (χ1) is 12.8. The van der Waals surface area contributed by atoms with E-state index in [0.29, 0.717) is 16.6 Å². The van der Waals surface area contributed by atoms with Crippen LogP contribution < -0.4 is 5.56 Å². The van der Waals surface area contributed by atoms with E-state index in [0.717, 1.165) is 32.2 Å². The van der Waals surface area contributed by atoms with Gasteiger partial charge < -0.3 is 4.57 Å². The van der Waals surface area contributed by atoms with Gasteiger partial charge in [-0.2, -0.15) is 0 Å². The van der Waals surface area contributed by atoms with Crippen LogP contribution in [0.25, 0.3) is 10.2 Å². The Morgan fingerprint density at radius 3 is 2.67 bits per heavy atom. The van der Waals surface area contributed by atoms with E-state index in [1.54, 1.807) is 11.6 Å². The van der Waals surface area contributed by atoms with Crippen molar-refractivity contribution in [3.05, 3.63) is 43.8 Å². The molecule has 0 atom stereocenters. The molecule has 0 aliphatic heterocycles. The summed E-state index contributed by atoms with van der Waals surface area (Å²) in [7, 11) is 1.73. The van der Waals surface area contributed by atoms with E-state index in [-0.39, 0.29) is 17.1 Å². The fraction of sp³-hybridized carbons (Fsp3) is 0.450. The molecule has 1 aliphatic carbocycles. The largest absolute Gasteiger partial charge is 0.345 e. The molecule has 0 unspecified atom stereocenters. The van der Waals surface area contributed by atoms with Gasteiger partial charge in [-0.15, -0.1) is 11.3 Å². The number of carbonyl (C=O) groups is 1. The smallest absolute Gasteiger partial charge is 0.262 e. The van der Waals surface area contributed by atoms with Crippen LogP contribution in [0.5, 0.6) is 0 Å². The number of fused-ring (bicyclic) bond motifs is 1. The summed E-state index contributed by atoms with van der Waals surface area (Å²) in [6, 6.07) is 2.56. The van der Waals surface area contributed by atoms with E-state index in [9.17, 15) is 9.59 Å². The summed E-state index contributed by atoms with van der Waals surface area (Å²) in [4.78, 5) is 32.1. The topological polar surface area (TPSA) is 56.9 Å². The summed E-state index contributed by atoms with van der Waals surface area (Å²) >= 11 is 2.88. The summed E-state index contributed by atoms with van der Waals surface area (Å²) in [5, 5.41) is 1.29. The van der Waals surface area contributed by atoms with Crippen molar-refractivity contribution >= 4 is 39.1 Å². The third kappa shape index (κ3) is 3.06. The zero-order valence-electron chi connectivity index (χ0n) is 16.3.